The highest BCUT2D eigenvalue weighted by Crippen LogP contribution is 2.26. The van der Waals surface area contributed by atoms with Gasteiger partial charge in [0.15, 0.2) is 0 Å². The maximum absolute atomic E-state index is 6.07. The first-order chi connectivity index (χ1) is 9.17. The third-order valence-corrected chi connectivity index (χ3v) is 3.61. The van der Waals surface area contributed by atoms with Crippen LogP contribution in [-0.2, 0) is 19.5 Å². The number of alkyl halides is 1. The highest BCUT2D eigenvalue weighted by Gasteiger charge is 2.17. The second-order valence-electron chi connectivity index (χ2n) is 4.64. The summed E-state index contributed by atoms with van der Waals surface area (Å²) in [4.78, 5) is 2.31. The minimum atomic E-state index is 0.500. The van der Waals surface area contributed by atoms with Crippen LogP contribution in [0.1, 0.15) is 23.7 Å². The van der Waals surface area contributed by atoms with Crippen molar-refractivity contribution < 1.29 is 0 Å². The van der Waals surface area contributed by atoms with Crippen molar-refractivity contribution >= 4 is 17.4 Å². The summed E-state index contributed by atoms with van der Waals surface area (Å²) in [6.45, 7) is 5.97. The topological polar surface area (TPSA) is 21.1 Å². The van der Waals surface area contributed by atoms with E-state index in [2.05, 4.69) is 41.2 Å². The van der Waals surface area contributed by atoms with Crippen molar-refractivity contribution in [2.75, 3.05) is 11.4 Å². The molecule has 19 heavy (non-hydrogen) atoms. The molecule has 0 aliphatic carbocycles. The number of hydrogen-bond donors (Lipinski definition) is 0. The summed E-state index contributed by atoms with van der Waals surface area (Å²) in [7, 11) is 1.98. The normalized spacial score (nSPS) is 10.7. The van der Waals surface area contributed by atoms with Gasteiger partial charge in [0.1, 0.15) is 5.82 Å². The maximum atomic E-state index is 6.07. The fourth-order valence-corrected chi connectivity index (χ4v) is 2.69. The lowest BCUT2D eigenvalue weighted by molar-refractivity contribution is 0.704. The van der Waals surface area contributed by atoms with E-state index in [9.17, 15) is 0 Å². The highest BCUT2D eigenvalue weighted by atomic mass is 35.5. The molecular weight excluding hydrogens is 258 g/mol. The molecule has 0 bridgehead atoms. The third kappa shape index (κ3) is 2.92. The van der Waals surface area contributed by atoms with E-state index in [1.54, 1.807) is 0 Å². The molecule has 0 radical (unpaired) electrons. The lowest BCUT2D eigenvalue weighted by atomic mass is 10.2. The van der Waals surface area contributed by atoms with Crippen molar-refractivity contribution in [2.45, 2.75) is 26.3 Å². The molecule has 2 rings (SSSR count). The summed E-state index contributed by atoms with van der Waals surface area (Å²) in [5, 5.41) is 4.48. The van der Waals surface area contributed by atoms with Crippen LogP contribution in [0.2, 0.25) is 0 Å². The van der Waals surface area contributed by atoms with Crippen molar-refractivity contribution in [3.63, 3.8) is 0 Å². The number of hydrogen-bond acceptors (Lipinski definition) is 2. The number of rotatable bonds is 5. The van der Waals surface area contributed by atoms with Crippen LogP contribution < -0.4 is 4.90 Å². The van der Waals surface area contributed by atoms with E-state index in [0.29, 0.717) is 5.88 Å². The molecular formula is C15H20ClN3. The summed E-state index contributed by atoms with van der Waals surface area (Å²) < 4.78 is 1.93. The molecule has 1 aromatic carbocycles. The molecule has 2 aromatic rings. The van der Waals surface area contributed by atoms with Crippen molar-refractivity contribution in [3.8, 4) is 0 Å². The van der Waals surface area contributed by atoms with Gasteiger partial charge < -0.3 is 4.90 Å². The Morgan fingerprint density at radius 2 is 1.95 bits per heavy atom. The van der Waals surface area contributed by atoms with Crippen molar-refractivity contribution in [2.24, 2.45) is 7.05 Å². The standard InChI is InChI=1S/C15H20ClN3/c1-4-19(11-13-8-6-5-7-9-13)15-14(10-16)12(2)17-18(15)3/h5-9H,4,10-11H2,1-3H3. The fraction of sp³-hybridized carbons (Fsp3) is 0.400. The molecule has 0 saturated carbocycles. The van der Waals surface area contributed by atoms with Gasteiger partial charge >= 0.3 is 0 Å². The minimum Gasteiger partial charge on any atom is -0.353 e. The summed E-state index contributed by atoms with van der Waals surface area (Å²) in [5.74, 6) is 1.62. The van der Waals surface area contributed by atoms with Crippen LogP contribution in [-0.4, -0.2) is 16.3 Å². The molecule has 1 aromatic heterocycles. The van der Waals surface area contributed by atoms with Crippen LogP contribution >= 0.6 is 11.6 Å². The van der Waals surface area contributed by atoms with Gasteiger partial charge in [0, 0.05) is 25.7 Å². The number of nitrogens with zero attached hydrogens (tertiary/aromatic N) is 3. The van der Waals surface area contributed by atoms with E-state index >= 15 is 0 Å². The summed E-state index contributed by atoms with van der Waals surface area (Å²) in [6, 6.07) is 10.5. The Labute approximate surface area is 119 Å². The molecule has 0 N–H and O–H groups in total. The Morgan fingerprint density at radius 1 is 1.26 bits per heavy atom. The fourth-order valence-electron chi connectivity index (χ4n) is 2.38. The van der Waals surface area contributed by atoms with Gasteiger partial charge in [-0.25, -0.2) is 0 Å². The van der Waals surface area contributed by atoms with Gasteiger partial charge in [0.25, 0.3) is 0 Å². The predicted octanol–water partition coefficient (Wildman–Crippen LogP) is 3.49. The number of benzene rings is 1. The summed E-state index contributed by atoms with van der Waals surface area (Å²) >= 11 is 6.07. The Morgan fingerprint density at radius 3 is 2.53 bits per heavy atom. The monoisotopic (exact) mass is 277 g/mol. The van der Waals surface area contributed by atoms with Crippen LogP contribution in [0.5, 0.6) is 0 Å². The summed E-state index contributed by atoms with van der Waals surface area (Å²) in [6.07, 6.45) is 0. The highest BCUT2D eigenvalue weighted by molar-refractivity contribution is 6.17. The third-order valence-electron chi connectivity index (χ3n) is 3.34. The quantitative estimate of drug-likeness (QED) is 0.780. The van der Waals surface area contributed by atoms with Crippen LogP contribution in [0.15, 0.2) is 30.3 Å². The Kier molecular flexibility index (Phi) is 4.48. The molecule has 1 heterocycles. The molecule has 0 aliphatic rings. The number of aromatic nitrogens is 2. The van der Waals surface area contributed by atoms with Gasteiger partial charge in [-0.2, -0.15) is 5.10 Å². The first-order valence-electron chi connectivity index (χ1n) is 6.54. The lowest BCUT2D eigenvalue weighted by Crippen LogP contribution is -2.25. The molecule has 0 unspecified atom stereocenters. The maximum Gasteiger partial charge on any atom is 0.131 e. The average Bonchev–Trinajstić information content (AvgIpc) is 2.71. The molecule has 102 valence electrons. The molecule has 4 heteroatoms. The van der Waals surface area contributed by atoms with Gasteiger partial charge in [0.2, 0.25) is 0 Å². The number of aryl methyl sites for hydroxylation is 2. The van der Waals surface area contributed by atoms with E-state index in [-0.39, 0.29) is 0 Å². The lowest BCUT2D eigenvalue weighted by Gasteiger charge is -2.24. The predicted molar refractivity (Wildman–Crippen MR) is 80.7 cm³/mol. The molecule has 0 atom stereocenters. The van der Waals surface area contributed by atoms with Gasteiger partial charge in [-0.15, -0.1) is 11.6 Å². The largest absolute Gasteiger partial charge is 0.353 e. The molecule has 0 aliphatic heterocycles. The van der Waals surface area contributed by atoms with E-state index in [1.165, 1.54) is 5.56 Å². The van der Waals surface area contributed by atoms with Crippen molar-refractivity contribution in [1.82, 2.24) is 9.78 Å². The van der Waals surface area contributed by atoms with Crippen molar-refractivity contribution in [1.29, 1.82) is 0 Å². The van der Waals surface area contributed by atoms with E-state index in [1.807, 2.05) is 24.7 Å². The van der Waals surface area contributed by atoms with E-state index < -0.39 is 0 Å². The van der Waals surface area contributed by atoms with Gasteiger partial charge in [-0.1, -0.05) is 30.3 Å². The first-order valence-corrected chi connectivity index (χ1v) is 7.08. The Hall–Kier alpha value is -1.48. The zero-order valence-electron chi connectivity index (χ0n) is 11.7. The average molecular weight is 278 g/mol. The van der Waals surface area contributed by atoms with Crippen LogP contribution in [0.25, 0.3) is 0 Å². The number of anilines is 1. The van der Waals surface area contributed by atoms with E-state index in [0.717, 1.165) is 30.2 Å². The molecule has 3 nitrogen and oxygen atoms in total. The minimum absolute atomic E-state index is 0.500. The van der Waals surface area contributed by atoms with Crippen LogP contribution in [0, 0.1) is 6.92 Å². The molecule has 0 fully saturated rings. The first kappa shape index (κ1) is 13.9. The van der Waals surface area contributed by atoms with Crippen LogP contribution in [0.4, 0.5) is 5.82 Å². The smallest absolute Gasteiger partial charge is 0.131 e. The zero-order valence-corrected chi connectivity index (χ0v) is 12.5. The summed E-state index contributed by atoms with van der Waals surface area (Å²) in [5.41, 5.74) is 3.43. The SMILES string of the molecule is CCN(Cc1ccccc1)c1c(CCl)c(C)nn1C. The zero-order chi connectivity index (χ0) is 13.8. The van der Waals surface area contributed by atoms with Crippen molar-refractivity contribution in [3.05, 3.63) is 47.2 Å². The second kappa shape index (κ2) is 6.11. The Balaban J connectivity index is 2.32. The van der Waals surface area contributed by atoms with Gasteiger partial charge in [-0.3, -0.25) is 4.68 Å². The Bertz CT molecular complexity index is 534. The second-order valence-corrected chi connectivity index (χ2v) is 4.91. The number of halogens is 1. The molecule has 0 amide bonds. The van der Waals surface area contributed by atoms with Gasteiger partial charge in [0.05, 0.1) is 11.6 Å². The van der Waals surface area contributed by atoms with E-state index in [4.69, 9.17) is 11.6 Å². The molecule has 0 spiro atoms. The van der Waals surface area contributed by atoms with Gasteiger partial charge in [-0.05, 0) is 19.4 Å². The molecule has 0 saturated heterocycles. The van der Waals surface area contributed by atoms with Crippen LogP contribution in [0.3, 0.4) is 0 Å².